The van der Waals surface area contributed by atoms with Crippen molar-refractivity contribution < 1.29 is 14.3 Å². The maximum Gasteiger partial charge on any atom is 0.343 e. The number of carbonyl (C=O) groups is 1. The minimum absolute atomic E-state index is 0.370. The molecule has 0 saturated heterocycles. The summed E-state index contributed by atoms with van der Waals surface area (Å²) < 4.78 is 13.5. The van der Waals surface area contributed by atoms with Gasteiger partial charge in [0, 0.05) is 17.8 Å². The highest BCUT2D eigenvalue weighted by atomic mass is 16.6. The van der Waals surface area contributed by atoms with Crippen LogP contribution in [0.1, 0.15) is 42.5 Å². The Kier molecular flexibility index (Phi) is 6.23. The Labute approximate surface area is 215 Å². The van der Waals surface area contributed by atoms with E-state index in [2.05, 4.69) is 9.72 Å². The Hall–Kier alpha value is -4.32. The Balaban J connectivity index is 1.32. The lowest BCUT2D eigenvalue weighted by molar-refractivity contribution is 0.0730. The molecule has 3 aromatic carbocycles. The second-order valence-electron chi connectivity index (χ2n) is 9.53. The molecule has 2 heterocycles. The zero-order valence-corrected chi connectivity index (χ0v) is 20.8. The molecule has 37 heavy (non-hydrogen) atoms. The van der Waals surface area contributed by atoms with Gasteiger partial charge in [-0.1, -0.05) is 55.7 Å². The molecule has 0 atom stereocenters. The smallest absolute Gasteiger partial charge is 0.343 e. The standard InChI is InChI=1S/C31H29N3O3/c1-36-27-20-23(16-17-26(27)37-31(35)24-15-14-21-9-5-6-10-22(21)19-24)29-30(32-25-11-3-2-4-12-25)34-18-8-7-13-28(34)33-29/h5-10,13-20,25,32H,2-4,11-12H2,1H3. The number of benzene rings is 3. The third-order valence-corrected chi connectivity index (χ3v) is 7.10. The number of aromatic nitrogens is 2. The molecule has 1 N–H and O–H groups in total. The molecule has 6 heteroatoms. The van der Waals surface area contributed by atoms with Crippen LogP contribution in [0.4, 0.5) is 5.82 Å². The van der Waals surface area contributed by atoms with Gasteiger partial charge < -0.3 is 14.8 Å². The lowest BCUT2D eigenvalue weighted by Crippen LogP contribution is -2.23. The summed E-state index contributed by atoms with van der Waals surface area (Å²) in [6.07, 6.45) is 8.14. The summed E-state index contributed by atoms with van der Waals surface area (Å²) in [5.74, 6) is 1.40. The summed E-state index contributed by atoms with van der Waals surface area (Å²) in [4.78, 5) is 17.9. The van der Waals surface area contributed by atoms with Crippen LogP contribution in [0.5, 0.6) is 11.5 Å². The van der Waals surface area contributed by atoms with Crippen molar-refractivity contribution in [3.63, 3.8) is 0 Å². The molecule has 1 saturated carbocycles. The molecule has 186 valence electrons. The Morgan fingerprint density at radius 1 is 0.892 bits per heavy atom. The summed E-state index contributed by atoms with van der Waals surface area (Å²) in [6.45, 7) is 0. The summed E-state index contributed by atoms with van der Waals surface area (Å²) in [7, 11) is 1.58. The molecule has 0 aliphatic heterocycles. The van der Waals surface area contributed by atoms with Crippen molar-refractivity contribution in [2.24, 2.45) is 0 Å². The maximum atomic E-state index is 13.0. The van der Waals surface area contributed by atoms with Gasteiger partial charge >= 0.3 is 5.97 Å². The number of ether oxygens (including phenoxy) is 2. The van der Waals surface area contributed by atoms with Gasteiger partial charge in [-0.3, -0.25) is 4.40 Å². The molecule has 1 aliphatic rings. The predicted octanol–water partition coefficient (Wildman–Crippen LogP) is 7.13. The maximum absolute atomic E-state index is 13.0. The largest absolute Gasteiger partial charge is 0.493 e. The Bertz CT molecular complexity index is 1580. The van der Waals surface area contributed by atoms with E-state index in [1.165, 1.54) is 19.3 Å². The van der Waals surface area contributed by atoms with E-state index >= 15 is 0 Å². The number of carbonyl (C=O) groups excluding carboxylic acids is 1. The molecule has 6 nitrogen and oxygen atoms in total. The van der Waals surface area contributed by atoms with E-state index in [9.17, 15) is 4.79 Å². The quantitative estimate of drug-likeness (QED) is 0.202. The first-order chi connectivity index (χ1) is 18.2. The lowest BCUT2D eigenvalue weighted by atomic mass is 9.95. The van der Waals surface area contributed by atoms with Crippen molar-refractivity contribution in [1.29, 1.82) is 0 Å². The zero-order valence-electron chi connectivity index (χ0n) is 20.8. The van der Waals surface area contributed by atoms with Crippen molar-refractivity contribution in [1.82, 2.24) is 9.38 Å². The summed E-state index contributed by atoms with van der Waals surface area (Å²) in [6, 6.07) is 25.5. The van der Waals surface area contributed by atoms with Gasteiger partial charge in [-0.15, -0.1) is 0 Å². The Morgan fingerprint density at radius 3 is 2.54 bits per heavy atom. The van der Waals surface area contributed by atoms with Gasteiger partial charge in [-0.25, -0.2) is 9.78 Å². The number of hydrogen-bond acceptors (Lipinski definition) is 5. The fourth-order valence-electron chi connectivity index (χ4n) is 5.15. The number of rotatable bonds is 6. The van der Waals surface area contributed by atoms with Gasteiger partial charge in [0.25, 0.3) is 0 Å². The van der Waals surface area contributed by atoms with E-state index in [-0.39, 0.29) is 0 Å². The number of nitrogens with zero attached hydrogens (tertiary/aromatic N) is 2. The van der Waals surface area contributed by atoms with E-state index in [0.717, 1.165) is 46.3 Å². The monoisotopic (exact) mass is 491 g/mol. The number of nitrogens with one attached hydrogen (secondary N) is 1. The highest BCUT2D eigenvalue weighted by Gasteiger charge is 2.21. The molecule has 0 unspecified atom stereocenters. The number of hydrogen-bond donors (Lipinski definition) is 1. The summed E-state index contributed by atoms with van der Waals surface area (Å²) >= 11 is 0. The second kappa shape index (κ2) is 9.97. The average Bonchev–Trinajstić information content (AvgIpc) is 3.31. The number of fused-ring (bicyclic) bond motifs is 2. The highest BCUT2D eigenvalue weighted by molar-refractivity contribution is 5.96. The molecule has 6 rings (SSSR count). The van der Waals surface area contributed by atoms with Gasteiger partial charge in [-0.2, -0.15) is 0 Å². The minimum atomic E-state index is -0.427. The summed E-state index contributed by atoms with van der Waals surface area (Å²) in [5, 5.41) is 5.83. The molecule has 0 spiro atoms. The van der Waals surface area contributed by atoms with Crippen LogP contribution in [0.3, 0.4) is 0 Å². The molecule has 1 aliphatic carbocycles. The average molecular weight is 492 g/mol. The van der Waals surface area contributed by atoms with Crippen LogP contribution in [0.2, 0.25) is 0 Å². The Morgan fingerprint density at radius 2 is 1.70 bits per heavy atom. The predicted molar refractivity (Wildman–Crippen MR) is 147 cm³/mol. The van der Waals surface area contributed by atoms with Gasteiger partial charge in [0.2, 0.25) is 0 Å². The van der Waals surface area contributed by atoms with E-state index < -0.39 is 5.97 Å². The van der Waals surface area contributed by atoms with E-state index in [1.54, 1.807) is 19.2 Å². The number of pyridine rings is 1. The van der Waals surface area contributed by atoms with Crippen LogP contribution in [-0.4, -0.2) is 28.5 Å². The van der Waals surface area contributed by atoms with Crippen molar-refractivity contribution in [3.05, 3.63) is 90.6 Å². The second-order valence-corrected chi connectivity index (χ2v) is 9.53. The highest BCUT2D eigenvalue weighted by Crippen LogP contribution is 2.37. The molecule has 0 radical (unpaired) electrons. The number of methoxy groups -OCH3 is 1. The third kappa shape index (κ3) is 4.62. The molecular weight excluding hydrogens is 462 g/mol. The number of imidazole rings is 1. The van der Waals surface area contributed by atoms with Gasteiger partial charge in [0.15, 0.2) is 11.5 Å². The van der Waals surface area contributed by atoms with Crippen LogP contribution >= 0.6 is 0 Å². The molecule has 0 bridgehead atoms. The van der Waals surface area contributed by atoms with Crippen molar-refractivity contribution in [3.8, 4) is 22.8 Å². The molecule has 1 fully saturated rings. The van der Waals surface area contributed by atoms with Crippen LogP contribution in [0, 0.1) is 0 Å². The molecule has 5 aromatic rings. The fourth-order valence-corrected chi connectivity index (χ4v) is 5.15. The van der Waals surface area contributed by atoms with E-state index in [0.29, 0.717) is 23.1 Å². The third-order valence-electron chi connectivity index (χ3n) is 7.10. The number of esters is 1. The first-order valence-corrected chi connectivity index (χ1v) is 12.8. The van der Waals surface area contributed by atoms with Crippen molar-refractivity contribution >= 4 is 28.2 Å². The fraction of sp³-hybridized carbons (Fsp3) is 0.226. The molecule has 0 amide bonds. The minimum Gasteiger partial charge on any atom is -0.493 e. The topological polar surface area (TPSA) is 64.9 Å². The molecular formula is C31H29N3O3. The lowest BCUT2D eigenvalue weighted by Gasteiger charge is -2.24. The van der Waals surface area contributed by atoms with Gasteiger partial charge in [0.1, 0.15) is 17.2 Å². The van der Waals surface area contributed by atoms with Crippen LogP contribution in [-0.2, 0) is 0 Å². The van der Waals surface area contributed by atoms with Crippen molar-refractivity contribution in [2.75, 3.05) is 12.4 Å². The van der Waals surface area contributed by atoms with Gasteiger partial charge in [-0.05, 0) is 66.1 Å². The SMILES string of the molecule is COc1cc(-c2nc3ccccn3c2NC2CCCCC2)ccc1OC(=O)c1ccc2ccccc2c1. The van der Waals surface area contributed by atoms with E-state index in [1.807, 2.05) is 72.9 Å². The normalized spacial score (nSPS) is 14.1. The van der Waals surface area contributed by atoms with Crippen molar-refractivity contribution in [2.45, 2.75) is 38.1 Å². The van der Waals surface area contributed by atoms with Crippen LogP contribution in [0.15, 0.2) is 85.1 Å². The number of anilines is 1. The van der Waals surface area contributed by atoms with E-state index in [4.69, 9.17) is 14.5 Å². The first-order valence-electron chi connectivity index (χ1n) is 12.8. The first kappa shape index (κ1) is 23.1. The van der Waals surface area contributed by atoms with Crippen LogP contribution < -0.4 is 14.8 Å². The summed E-state index contributed by atoms with van der Waals surface area (Å²) in [5.41, 5.74) is 3.11. The van der Waals surface area contributed by atoms with Gasteiger partial charge in [0.05, 0.1) is 12.7 Å². The zero-order chi connectivity index (χ0) is 25.2. The van der Waals surface area contributed by atoms with Crippen LogP contribution in [0.25, 0.3) is 27.7 Å². The molecule has 2 aromatic heterocycles.